The number of nitrogens with zero attached hydrogens (tertiary/aromatic N) is 5. The predicted octanol–water partition coefficient (Wildman–Crippen LogP) is -1.28. The van der Waals surface area contributed by atoms with Crippen LogP contribution in [-0.2, 0) is 17.1 Å². The molecular formula is C12H11N7O4S. The lowest BCUT2D eigenvalue weighted by Crippen LogP contribution is -2.27. The number of nitrogens with one attached hydrogen (secondary N) is 1. The van der Waals surface area contributed by atoms with Crippen LogP contribution in [0.5, 0.6) is 0 Å². The third-order valence-corrected chi connectivity index (χ3v) is 4.12. The molecule has 0 spiro atoms. The Labute approximate surface area is 134 Å². The first-order valence-corrected chi connectivity index (χ1v) is 8.04. The molecule has 2 aromatic heterocycles. The van der Waals surface area contributed by atoms with E-state index in [2.05, 4.69) is 20.6 Å². The third kappa shape index (κ3) is 2.63. The lowest BCUT2D eigenvalue weighted by Gasteiger charge is -2.08. The maximum absolute atomic E-state index is 12.4. The van der Waals surface area contributed by atoms with Crippen LogP contribution in [-0.4, -0.2) is 38.7 Å². The summed E-state index contributed by atoms with van der Waals surface area (Å²) in [5, 5.41) is 14.8. The van der Waals surface area contributed by atoms with Crippen molar-refractivity contribution in [1.82, 2.24) is 24.4 Å². The summed E-state index contributed by atoms with van der Waals surface area (Å²) < 4.78 is 25.1. The van der Waals surface area contributed by atoms with Crippen LogP contribution in [0.1, 0.15) is 10.5 Å². The van der Waals surface area contributed by atoms with Crippen LogP contribution in [0, 0.1) is 0 Å². The molecule has 1 amide bonds. The fourth-order valence-corrected chi connectivity index (χ4v) is 2.73. The number of aromatic nitrogens is 5. The van der Waals surface area contributed by atoms with Crippen molar-refractivity contribution in [3.63, 3.8) is 0 Å². The number of nitrogens with two attached hydrogens (primary N) is 1. The number of aryl methyl sites for hydroxylation is 1. The number of fused-ring (bicyclic) bond motifs is 1. The van der Waals surface area contributed by atoms with E-state index in [4.69, 9.17) is 5.14 Å². The summed E-state index contributed by atoms with van der Waals surface area (Å²) in [5.74, 6) is -0.754. The van der Waals surface area contributed by atoms with E-state index in [1.807, 2.05) is 0 Å². The molecule has 11 nitrogen and oxygen atoms in total. The molecule has 0 fully saturated rings. The minimum absolute atomic E-state index is 0.0112. The zero-order valence-corrected chi connectivity index (χ0v) is 13.1. The van der Waals surface area contributed by atoms with Crippen LogP contribution in [0.2, 0.25) is 0 Å². The van der Waals surface area contributed by atoms with E-state index in [-0.39, 0.29) is 21.9 Å². The van der Waals surface area contributed by atoms with Crippen molar-refractivity contribution < 1.29 is 13.2 Å². The van der Waals surface area contributed by atoms with E-state index in [0.29, 0.717) is 0 Å². The Kier molecular flexibility index (Phi) is 3.62. The molecule has 24 heavy (non-hydrogen) atoms. The molecule has 0 atom stereocenters. The fourth-order valence-electron chi connectivity index (χ4n) is 2.04. The summed E-state index contributed by atoms with van der Waals surface area (Å²) in [4.78, 5) is 27.8. The number of benzene rings is 1. The van der Waals surface area contributed by atoms with Crippen LogP contribution in [0.15, 0.2) is 40.3 Å². The molecule has 1 aromatic carbocycles. The number of hydrogen-bond donors (Lipinski definition) is 2. The SMILES string of the molecule is Cn1nnc2c(C(=O)Nc3ccccc3S(N)(=O)=O)ncn2c1=O. The number of primary sulfonamides is 1. The molecule has 0 radical (unpaired) electrons. The van der Waals surface area contributed by atoms with Gasteiger partial charge in [0.05, 0.1) is 5.69 Å². The molecule has 0 saturated carbocycles. The number of amides is 1. The standard InChI is InChI=1S/C12H11N7O4S/c1-18-12(21)19-6-14-9(10(19)16-17-18)11(20)15-7-4-2-3-5-8(7)24(13,22)23/h2-6H,1H3,(H,15,20)(H2,13,22,23). The van der Waals surface area contributed by atoms with Gasteiger partial charge in [-0.25, -0.2) is 27.7 Å². The molecule has 0 aliphatic carbocycles. The lowest BCUT2D eigenvalue weighted by atomic mass is 10.3. The lowest BCUT2D eigenvalue weighted by molar-refractivity contribution is 0.102. The maximum atomic E-state index is 12.4. The van der Waals surface area contributed by atoms with Gasteiger partial charge in [0.2, 0.25) is 10.0 Å². The highest BCUT2D eigenvalue weighted by molar-refractivity contribution is 7.89. The molecule has 0 bridgehead atoms. The Morgan fingerprint density at radius 2 is 2.00 bits per heavy atom. The first-order valence-electron chi connectivity index (χ1n) is 6.49. The van der Waals surface area contributed by atoms with Crippen molar-refractivity contribution in [2.24, 2.45) is 12.2 Å². The minimum Gasteiger partial charge on any atom is -0.319 e. The zero-order chi connectivity index (χ0) is 17.5. The molecule has 0 aliphatic heterocycles. The van der Waals surface area contributed by atoms with Gasteiger partial charge in [0.1, 0.15) is 11.2 Å². The summed E-state index contributed by atoms with van der Waals surface area (Å²) in [6.07, 6.45) is 1.13. The molecule has 0 saturated heterocycles. The molecule has 3 N–H and O–H groups in total. The van der Waals surface area contributed by atoms with E-state index >= 15 is 0 Å². The van der Waals surface area contributed by atoms with E-state index < -0.39 is 21.6 Å². The molecule has 12 heteroatoms. The first-order chi connectivity index (χ1) is 11.3. The second-order valence-corrected chi connectivity index (χ2v) is 6.31. The zero-order valence-electron chi connectivity index (χ0n) is 12.2. The molecule has 0 aliphatic rings. The van der Waals surface area contributed by atoms with Gasteiger partial charge >= 0.3 is 5.69 Å². The van der Waals surface area contributed by atoms with Crippen molar-refractivity contribution in [1.29, 1.82) is 0 Å². The molecule has 3 aromatic rings. The quantitative estimate of drug-likeness (QED) is 0.597. The second kappa shape index (κ2) is 5.50. The smallest absolute Gasteiger partial charge is 0.319 e. The largest absolute Gasteiger partial charge is 0.352 e. The van der Waals surface area contributed by atoms with Gasteiger partial charge in [0.15, 0.2) is 11.3 Å². The number of carbonyl (C=O) groups excluding carboxylic acids is 1. The van der Waals surface area contributed by atoms with Crippen molar-refractivity contribution in [2.75, 3.05) is 5.32 Å². The number of imidazole rings is 1. The summed E-state index contributed by atoms with van der Waals surface area (Å²) in [7, 11) is -2.62. The van der Waals surface area contributed by atoms with Crippen LogP contribution >= 0.6 is 0 Å². The van der Waals surface area contributed by atoms with Crippen molar-refractivity contribution in [2.45, 2.75) is 4.90 Å². The number of para-hydroxylation sites is 1. The Morgan fingerprint density at radius 3 is 2.71 bits per heavy atom. The Hall–Kier alpha value is -3.12. The van der Waals surface area contributed by atoms with Gasteiger partial charge < -0.3 is 5.32 Å². The highest BCUT2D eigenvalue weighted by Gasteiger charge is 2.20. The van der Waals surface area contributed by atoms with E-state index in [9.17, 15) is 18.0 Å². The average molecular weight is 349 g/mol. The normalized spacial score (nSPS) is 11.6. The first kappa shape index (κ1) is 15.8. The van der Waals surface area contributed by atoms with Gasteiger partial charge in [-0.1, -0.05) is 17.3 Å². The third-order valence-electron chi connectivity index (χ3n) is 3.16. The second-order valence-electron chi connectivity index (χ2n) is 4.78. The van der Waals surface area contributed by atoms with Crippen LogP contribution in [0.3, 0.4) is 0 Å². The van der Waals surface area contributed by atoms with Gasteiger partial charge in [-0.3, -0.25) is 4.79 Å². The number of anilines is 1. The van der Waals surface area contributed by atoms with E-state index in [0.717, 1.165) is 15.4 Å². The fraction of sp³-hybridized carbons (Fsp3) is 0.0833. The number of hydrogen-bond acceptors (Lipinski definition) is 7. The average Bonchev–Trinajstić information content (AvgIpc) is 2.95. The van der Waals surface area contributed by atoms with E-state index in [1.165, 1.54) is 31.3 Å². The monoisotopic (exact) mass is 349 g/mol. The summed E-state index contributed by atoms with van der Waals surface area (Å²) >= 11 is 0. The van der Waals surface area contributed by atoms with Crippen molar-refractivity contribution in [3.8, 4) is 0 Å². The highest BCUT2D eigenvalue weighted by atomic mass is 32.2. The number of rotatable bonds is 3. The Balaban J connectivity index is 2.04. The number of sulfonamides is 1. The molecule has 2 heterocycles. The van der Waals surface area contributed by atoms with Gasteiger partial charge in [0.25, 0.3) is 5.91 Å². The minimum atomic E-state index is -4.02. The van der Waals surface area contributed by atoms with Crippen molar-refractivity contribution in [3.05, 3.63) is 46.8 Å². The van der Waals surface area contributed by atoms with E-state index in [1.54, 1.807) is 0 Å². The Morgan fingerprint density at radius 1 is 1.29 bits per heavy atom. The molecule has 0 unspecified atom stereocenters. The van der Waals surface area contributed by atoms with Crippen LogP contribution < -0.4 is 16.1 Å². The Bertz CT molecular complexity index is 1120. The summed E-state index contributed by atoms with van der Waals surface area (Å²) in [6, 6.07) is 5.63. The molecular weight excluding hydrogens is 338 g/mol. The van der Waals surface area contributed by atoms with Gasteiger partial charge in [-0.05, 0) is 12.1 Å². The number of carbonyl (C=O) groups is 1. The van der Waals surface area contributed by atoms with Crippen LogP contribution in [0.25, 0.3) is 5.65 Å². The van der Waals surface area contributed by atoms with Crippen LogP contribution in [0.4, 0.5) is 5.69 Å². The van der Waals surface area contributed by atoms with Gasteiger partial charge in [0, 0.05) is 7.05 Å². The van der Waals surface area contributed by atoms with Gasteiger partial charge in [-0.15, -0.1) is 5.10 Å². The summed E-state index contributed by atoms with van der Waals surface area (Å²) in [6.45, 7) is 0. The van der Waals surface area contributed by atoms with Gasteiger partial charge in [-0.2, -0.15) is 4.68 Å². The summed E-state index contributed by atoms with van der Waals surface area (Å²) in [5.41, 5.74) is -0.771. The highest BCUT2D eigenvalue weighted by Crippen LogP contribution is 2.20. The predicted molar refractivity (Wildman–Crippen MR) is 81.8 cm³/mol. The van der Waals surface area contributed by atoms with Crippen molar-refractivity contribution >= 4 is 27.3 Å². The topological polar surface area (TPSA) is 154 Å². The molecule has 3 rings (SSSR count). The molecule has 124 valence electrons. The maximum Gasteiger partial charge on any atom is 0.352 e.